The van der Waals surface area contributed by atoms with Gasteiger partial charge in [-0.15, -0.1) is 0 Å². The molecule has 30 heavy (non-hydrogen) atoms. The van der Waals surface area contributed by atoms with Crippen LogP contribution in [0.1, 0.15) is 6.92 Å². The molecule has 11 heteroatoms. The first kappa shape index (κ1) is 21.0. The monoisotopic (exact) mass is 466 g/mol. The standard InChI is InChI=1S/C19H19ClN4O4S2/c1-13(28-15-5-2-4-14(20)12-15)19(25)23-8-10-24(11-9-23)30(26,27)17-7-3-6-16-18(17)22-29-21-16/h2-7,12-13H,8-11H2,1H3/t13-/m0/s1. The molecule has 0 unspecified atom stereocenters. The van der Waals surface area contributed by atoms with Gasteiger partial charge in [-0.2, -0.15) is 13.1 Å². The number of ether oxygens (including phenoxy) is 1. The summed E-state index contributed by atoms with van der Waals surface area (Å²) in [6.07, 6.45) is -0.707. The van der Waals surface area contributed by atoms with E-state index in [0.717, 1.165) is 11.7 Å². The van der Waals surface area contributed by atoms with Crippen molar-refractivity contribution in [2.24, 2.45) is 0 Å². The van der Waals surface area contributed by atoms with Crippen molar-refractivity contribution in [2.75, 3.05) is 26.2 Å². The number of hydrogen-bond acceptors (Lipinski definition) is 7. The second-order valence-corrected chi connectivity index (χ2v) is 9.71. The van der Waals surface area contributed by atoms with Gasteiger partial charge in [-0.05, 0) is 37.3 Å². The van der Waals surface area contributed by atoms with E-state index in [-0.39, 0.29) is 37.0 Å². The van der Waals surface area contributed by atoms with Crippen molar-refractivity contribution < 1.29 is 17.9 Å². The van der Waals surface area contributed by atoms with Gasteiger partial charge in [-0.3, -0.25) is 4.79 Å². The number of sulfonamides is 1. The summed E-state index contributed by atoms with van der Waals surface area (Å²) in [6, 6.07) is 11.8. The van der Waals surface area contributed by atoms with E-state index in [9.17, 15) is 13.2 Å². The molecule has 1 aliphatic heterocycles. The Labute approximate surface area is 183 Å². The summed E-state index contributed by atoms with van der Waals surface area (Å²) >= 11 is 6.93. The van der Waals surface area contributed by atoms with Gasteiger partial charge in [0.1, 0.15) is 21.7 Å². The fourth-order valence-corrected chi connectivity index (χ4v) is 5.68. The molecule has 0 N–H and O–H groups in total. The van der Waals surface area contributed by atoms with Gasteiger partial charge in [0.25, 0.3) is 5.91 Å². The lowest BCUT2D eigenvalue weighted by Crippen LogP contribution is -2.53. The number of amides is 1. The zero-order chi connectivity index (χ0) is 21.3. The first-order valence-corrected chi connectivity index (χ1v) is 11.8. The quantitative estimate of drug-likeness (QED) is 0.574. The Morgan fingerprint density at radius 2 is 1.87 bits per heavy atom. The van der Waals surface area contributed by atoms with Crippen LogP contribution in [0.25, 0.3) is 11.0 Å². The second-order valence-electron chi connectivity index (χ2n) is 6.83. The van der Waals surface area contributed by atoms with E-state index < -0.39 is 16.1 Å². The minimum atomic E-state index is -3.73. The van der Waals surface area contributed by atoms with Crippen molar-refractivity contribution in [3.8, 4) is 5.75 Å². The van der Waals surface area contributed by atoms with Crippen LogP contribution in [0.3, 0.4) is 0 Å². The number of benzene rings is 2. The molecule has 4 rings (SSSR count). The minimum Gasteiger partial charge on any atom is -0.481 e. The normalized spacial score (nSPS) is 16.5. The molecule has 0 saturated carbocycles. The van der Waals surface area contributed by atoms with E-state index in [1.807, 2.05) is 0 Å². The highest BCUT2D eigenvalue weighted by Gasteiger charge is 2.33. The summed E-state index contributed by atoms with van der Waals surface area (Å²) in [4.78, 5) is 14.5. The molecule has 2 aromatic carbocycles. The fraction of sp³-hybridized carbons (Fsp3) is 0.316. The summed E-state index contributed by atoms with van der Waals surface area (Å²) in [5.41, 5.74) is 0.937. The molecule has 1 fully saturated rings. The predicted octanol–water partition coefficient (Wildman–Crippen LogP) is 2.65. The SMILES string of the molecule is C[C@H](Oc1cccc(Cl)c1)C(=O)N1CCN(S(=O)(=O)c2cccc3nsnc23)CC1. The number of piperazine rings is 1. The Bertz CT molecular complexity index is 1180. The molecule has 8 nitrogen and oxygen atoms in total. The average molecular weight is 467 g/mol. The molecule has 1 saturated heterocycles. The number of hydrogen-bond donors (Lipinski definition) is 0. The fourth-order valence-electron chi connectivity index (χ4n) is 3.33. The van der Waals surface area contributed by atoms with Gasteiger partial charge in [-0.25, -0.2) is 8.42 Å². The van der Waals surface area contributed by atoms with Crippen LogP contribution < -0.4 is 4.74 Å². The first-order valence-electron chi connectivity index (χ1n) is 9.29. The molecule has 0 aliphatic carbocycles. The topological polar surface area (TPSA) is 92.7 Å². The van der Waals surface area contributed by atoms with Crippen LogP contribution in [-0.2, 0) is 14.8 Å². The van der Waals surface area contributed by atoms with E-state index in [1.54, 1.807) is 48.2 Å². The van der Waals surface area contributed by atoms with Crippen LogP contribution in [-0.4, -0.2) is 64.6 Å². The van der Waals surface area contributed by atoms with Crippen molar-refractivity contribution in [2.45, 2.75) is 17.9 Å². The smallest absolute Gasteiger partial charge is 0.263 e. The molecule has 0 spiro atoms. The summed E-state index contributed by atoms with van der Waals surface area (Å²) in [6.45, 7) is 2.64. The highest BCUT2D eigenvalue weighted by atomic mass is 35.5. The molecule has 0 bridgehead atoms. The highest BCUT2D eigenvalue weighted by molar-refractivity contribution is 7.89. The van der Waals surface area contributed by atoms with Gasteiger partial charge < -0.3 is 9.64 Å². The summed E-state index contributed by atoms with van der Waals surface area (Å²) < 4.78 is 41.5. The number of rotatable bonds is 5. The third kappa shape index (κ3) is 4.13. The molecule has 2 heterocycles. The Morgan fingerprint density at radius 1 is 1.13 bits per heavy atom. The lowest BCUT2D eigenvalue weighted by atomic mass is 10.2. The number of carbonyl (C=O) groups is 1. The van der Waals surface area contributed by atoms with Gasteiger partial charge >= 0.3 is 0 Å². The molecular weight excluding hydrogens is 448 g/mol. The maximum atomic E-state index is 13.1. The molecule has 1 aliphatic rings. The van der Waals surface area contributed by atoms with Crippen LogP contribution in [0.2, 0.25) is 5.02 Å². The van der Waals surface area contributed by atoms with Gasteiger partial charge in [0.2, 0.25) is 10.0 Å². The van der Waals surface area contributed by atoms with Gasteiger partial charge in [0, 0.05) is 31.2 Å². The van der Waals surface area contributed by atoms with Gasteiger partial charge in [-0.1, -0.05) is 23.7 Å². The maximum Gasteiger partial charge on any atom is 0.263 e. The lowest BCUT2D eigenvalue weighted by molar-refractivity contribution is -0.139. The van der Waals surface area contributed by atoms with E-state index in [2.05, 4.69) is 8.75 Å². The zero-order valence-electron chi connectivity index (χ0n) is 16.1. The number of fused-ring (bicyclic) bond motifs is 1. The van der Waals surface area contributed by atoms with Gasteiger partial charge in [0.15, 0.2) is 6.10 Å². The highest BCUT2D eigenvalue weighted by Crippen LogP contribution is 2.25. The predicted molar refractivity (Wildman–Crippen MR) is 114 cm³/mol. The lowest BCUT2D eigenvalue weighted by Gasteiger charge is -2.35. The van der Waals surface area contributed by atoms with Gasteiger partial charge in [0.05, 0.1) is 11.7 Å². The Balaban J connectivity index is 1.42. The third-order valence-electron chi connectivity index (χ3n) is 4.87. The van der Waals surface area contributed by atoms with Crippen molar-refractivity contribution in [3.05, 3.63) is 47.5 Å². The van der Waals surface area contributed by atoms with E-state index in [4.69, 9.17) is 16.3 Å². The number of aromatic nitrogens is 2. The second kappa shape index (κ2) is 8.46. The number of carbonyl (C=O) groups excluding carboxylic acids is 1. The largest absolute Gasteiger partial charge is 0.481 e. The van der Waals surface area contributed by atoms with Crippen LogP contribution >= 0.6 is 23.3 Å². The maximum absolute atomic E-state index is 13.1. The summed E-state index contributed by atoms with van der Waals surface area (Å²) in [5, 5.41) is 0.524. The van der Waals surface area contributed by atoms with E-state index in [1.165, 1.54) is 10.4 Å². The summed E-state index contributed by atoms with van der Waals surface area (Å²) in [5.74, 6) is 0.312. The van der Waals surface area contributed by atoms with Crippen LogP contribution in [0.5, 0.6) is 5.75 Å². The Kier molecular flexibility index (Phi) is 5.92. The Morgan fingerprint density at radius 3 is 2.60 bits per heavy atom. The molecule has 1 aromatic heterocycles. The van der Waals surface area contributed by atoms with E-state index >= 15 is 0 Å². The molecule has 158 valence electrons. The minimum absolute atomic E-state index is 0.145. The van der Waals surface area contributed by atoms with Crippen molar-refractivity contribution in [1.29, 1.82) is 0 Å². The third-order valence-corrected chi connectivity index (χ3v) is 7.58. The Hall–Kier alpha value is -2.27. The van der Waals surface area contributed by atoms with Crippen LogP contribution in [0.15, 0.2) is 47.4 Å². The van der Waals surface area contributed by atoms with E-state index in [0.29, 0.717) is 21.8 Å². The molecule has 1 atom stereocenters. The molecular formula is C19H19ClN4O4S2. The molecule has 1 amide bonds. The zero-order valence-corrected chi connectivity index (χ0v) is 18.5. The number of halogens is 1. The van der Waals surface area contributed by atoms with Crippen LogP contribution in [0.4, 0.5) is 0 Å². The van der Waals surface area contributed by atoms with Crippen molar-refractivity contribution in [3.63, 3.8) is 0 Å². The van der Waals surface area contributed by atoms with Crippen molar-refractivity contribution in [1.82, 2.24) is 18.0 Å². The number of nitrogens with zero attached hydrogens (tertiary/aromatic N) is 4. The molecule has 3 aromatic rings. The summed E-state index contributed by atoms with van der Waals surface area (Å²) in [7, 11) is -3.73. The van der Waals surface area contributed by atoms with Crippen molar-refractivity contribution >= 4 is 50.3 Å². The first-order chi connectivity index (χ1) is 14.4. The average Bonchev–Trinajstić information content (AvgIpc) is 3.22. The molecule has 0 radical (unpaired) electrons. The van der Waals surface area contributed by atoms with Crippen LogP contribution in [0, 0.1) is 0 Å².